The van der Waals surface area contributed by atoms with Crippen molar-refractivity contribution in [3.05, 3.63) is 89.2 Å². The van der Waals surface area contributed by atoms with Crippen molar-refractivity contribution in [3.63, 3.8) is 0 Å². The summed E-state index contributed by atoms with van der Waals surface area (Å²) in [5.41, 5.74) is 3.10. The molecule has 200 valence electrons. The van der Waals surface area contributed by atoms with E-state index in [1.54, 1.807) is 48.8 Å². The fourth-order valence-electron chi connectivity index (χ4n) is 4.85. The number of hydrogen-bond acceptors (Lipinski definition) is 6. The van der Waals surface area contributed by atoms with Crippen LogP contribution in [0.15, 0.2) is 73.1 Å². The molecule has 10 heteroatoms. The number of aromatic nitrogens is 5. The maximum atomic E-state index is 14.0. The smallest absolute Gasteiger partial charge is 0.251 e. The van der Waals surface area contributed by atoms with Gasteiger partial charge in [-0.3, -0.25) is 19.5 Å². The average molecular weight is 544 g/mol. The maximum Gasteiger partial charge on any atom is 0.251 e. The third kappa shape index (κ3) is 6.49. The van der Waals surface area contributed by atoms with E-state index in [0.717, 1.165) is 36.8 Å². The van der Waals surface area contributed by atoms with Crippen LogP contribution in [-0.4, -0.2) is 43.0 Å². The lowest BCUT2D eigenvalue weighted by Crippen LogP contribution is -2.48. The van der Waals surface area contributed by atoms with Crippen molar-refractivity contribution in [2.75, 3.05) is 4.90 Å². The summed E-state index contributed by atoms with van der Waals surface area (Å²) < 4.78 is 0. The van der Waals surface area contributed by atoms with Crippen LogP contribution < -0.4 is 10.2 Å². The molecular weight excluding hydrogens is 514 g/mol. The van der Waals surface area contributed by atoms with E-state index in [-0.39, 0.29) is 24.4 Å². The lowest BCUT2D eigenvalue weighted by Gasteiger charge is -2.33. The number of carbonyl (C=O) groups excluding carboxylic acids is 2. The van der Waals surface area contributed by atoms with Crippen LogP contribution >= 0.6 is 11.6 Å². The first-order chi connectivity index (χ1) is 19.0. The van der Waals surface area contributed by atoms with Crippen LogP contribution in [0.5, 0.6) is 0 Å². The van der Waals surface area contributed by atoms with Crippen molar-refractivity contribution >= 4 is 29.1 Å². The average Bonchev–Trinajstić information content (AvgIpc) is 3.42. The molecule has 2 aromatic heterocycles. The lowest BCUT2D eigenvalue weighted by atomic mass is 9.94. The van der Waals surface area contributed by atoms with Crippen LogP contribution in [0, 0.1) is 6.92 Å². The molecule has 1 N–H and O–H groups in total. The Hall–Kier alpha value is -4.11. The SMILES string of the molecule is Cc1ccc(-c2nnn(CC(=O)N(c3ccc(Cl)cc3)[C@H](C(=O)NC3CCCCC3)c3ccncc3)n2)cc1. The van der Waals surface area contributed by atoms with Crippen LogP contribution in [0.25, 0.3) is 11.4 Å². The van der Waals surface area contributed by atoms with Crippen LogP contribution in [0.1, 0.15) is 49.3 Å². The molecule has 0 radical (unpaired) electrons. The van der Waals surface area contributed by atoms with E-state index in [4.69, 9.17) is 11.6 Å². The van der Waals surface area contributed by atoms with Gasteiger partial charge in [0.25, 0.3) is 5.91 Å². The van der Waals surface area contributed by atoms with Gasteiger partial charge in [-0.2, -0.15) is 4.80 Å². The summed E-state index contributed by atoms with van der Waals surface area (Å²) in [7, 11) is 0. The number of anilines is 1. The van der Waals surface area contributed by atoms with E-state index in [0.29, 0.717) is 22.1 Å². The lowest BCUT2D eigenvalue weighted by molar-refractivity contribution is -0.127. The number of halogens is 1. The Morgan fingerprint density at radius 2 is 1.69 bits per heavy atom. The van der Waals surface area contributed by atoms with Gasteiger partial charge in [-0.15, -0.1) is 10.2 Å². The monoisotopic (exact) mass is 543 g/mol. The van der Waals surface area contributed by atoms with Crippen molar-refractivity contribution in [1.82, 2.24) is 30.5 Å². The molecule has 5 rings (SSSR count). The summed E-state index contributed by atoms with van der Waals surface area (Å²) in [6.45, 7) is 1.79. The van der Waals surface area contributed by atoms with E-state index in [1.807, 2.05) is 31.2 Å². The highest BCUT2D eigenvalue weighted by Gasteiger charge is 2.34. The van der Waals surface area contributed by atoms with Gasteiger partial charge in [0.15, 0.2) is 0 Å². The standard InChI is InChI=1S/C29H30ClN7O2/c1-20-7-9-22(10-8-20)28-33-35-36(34-28)19-26(38)37(25-13-11-23(30)12-14-25)27(21-15-17-31-18-16-21)29(39)32-24-5-3-2-4-6-24/h7-18,24,27H,2-6,19H2,1H3,(H,32,39)/t27-/m0/s1. The molecule has 4 aromatic rings. The van der Waals surface area contributed by atoms with Gasteiger partial charge in [0.2, 0.25) is 11.7 Å². The molecule has 1 atom stereocenters. The quantitative estimate of drug-likeness (QED) is 0.338. The fourth-order valence-corrected chi connectivity index (χ4v) is 4.98. The molecule has 0 bridgehead atoms. The van der Waals surface area contributed by atoms with Gasteiger partial charge in [-0.1, -0.05) is 60.7 Å². The normalized spacial score (nSPS) is 14.5. The Bertz CT molecular complexity index is 1400. The highest BCUT2D eigenvalue weighted by molar-refractivity contribution is 6.30. The van der Waals surface area contributed by atoms with Gasteiger partial charge in [0.1, 0.15) is 12.6 Å². The summed E-state index contributed by atoms with van der Waals surface area (Å²) in [5, 5.41) is 16.4. The number of hydrogen-bond donors (Lipinski definition) is 1. The molecule has 1 aliphatic carbocycles. The van der Waals surface area contributed by atoms with Gasteiger partial charge in [-0.05, 0) is 66.9 Å². The number of tetrazole rings is 1. The number of nitrogens with zero attached hydrogens (tertiary/aromatic N) is 6. The molecule has 0 spiro atoms. The molecule has 1 saturated carbocycles. The predicted molar refractivity (Wildman–Crippen MR) is 149 cm³/mol. The highest BCUT2D eigenvalue weighted by atomic mass is 35.5. The van der Waals surface area contributed by atoms with Crippen molar-refractivity contribution < 1.29 is 9.59 Å². The van der Waals surface area contributed by atoms with Gasteiger partial charge < -0.3 is 5.32 Å². The Morgan fingerprint density at radius 3 is 2.38 bits per heavy atom. The number of aryl methyl sites for hydroxylation is 1. The predicted octanol–water partition coefficient (Wildman–Crippen LogP) is 4.92. The first-order valence-corrected chi connectivity index (χ1v) is 13.5. The minimum absolute atomic E-state index is 0.0757. The van der Waals surface area contributed by atoms with Crippen molar-refractivity contribution in [2.24, 2.45) is 0 Å². The molecule has 39 heavy (non-hydrogen) atoms. The Kier molecular flexibility index (Phi) is 8.27. The molecule has 2 heterocycles. The number of nitrogens with one attached hydrogen (secondary N) is 1. The number of carbonyl (C=O) groups is 2. The van der Waals surface area contributed by atoms with E-state index in [9.17, 15) is 9.59 Å². The molecule has 2 aromatic carbocycles. The highest BCUT2D eigenvalue weighted by Crippen LogP contribution is 2.30. The maximum absolute atomic E-state index is 14.0. The summed E-state index contributed by atoms with van der Waals surface area (Å²) in [6, 6.07) is 17.3. The number of rotatable bonds is 8. The zero-order valence-electron chi connectivity index (χ0n) is 21.7. The van der Waals surface area contributed by atoms with Crippen molar-refractivity contribution in [2.45, 2.75) is 57.7 Å². The third-order valence-electron chi connectivity index (χ3n) is 6.89. The minimum atomic E-state index is -0.927. The first-order valence-electron chi connectivity index (χ1n) is 13.1. The number of pyridine rings is 1. The fraction of sp³-hybridized carbons (Fsp3) is 0.310. The Morgan fingerprint density at radius 1 is 1.00 bits per heavy atom. The van der Waals surface area contributed by atoms with Gasteiger partial charge >= 0.3 is 0 Å². The second-order valence-electron chi connectivity index (χ2n) is 9.78. The summed E-state index contributed by atoms with van der Waals surface area (Å²) >= 11 is 6.16. The largest absolute Gasteiger partial charge is 0.351 e. The van der Waals surface area contributed by atoms with E-state index < -0.39 is 6.04 Å². The molecule has 2 amide bonds. The number of benzene rings is 2. The number of amides is 2. The zero-order chi connectivity index (χ0) is 27.2. The van der Waals surface area contributed by atoms with Crippen LogP contribution in [0.4, 0.5) is 5.69 Å². The minimum Gasteiger partial charge on any atom is -0.351 e. The Balaban J connectivity index is 1.47. The zero-order valence-corrected chi connectivity index (χ0v) is 22.5. The van der Waals surface area contributed by atoms with Gasteiger partial charge in [-0.25, -0.2) is 0 Å². The molecule has 0 aliphatic heterocycles. The third-order valence-corrected chi connectivity index (χ3v) is 7.14. The molecule has 9 nitrogen and oxygen atoms in total. The van der Waals surface area contributed by atoms with Gasteiger partial charge in [0.05, 0.1) is 0 Å². The molecule has 1 fully saturated rings. The van der Waals surface area contributed by atoms with Crippen LogP contribution in [0.3, 0.4) is 0 Å². The summed E-state index contributed by atoms with van der Waals surface area (Å²) in [6.07, 6.45) is 8.41. The van der Waals surface area contributed by atoms with Crippen LogP contribution in [0.2, 0.25) is 5.02 Å². The van der Waals surface area contributed by atoms with E-state index >= 15 is 0 Å². The Labute approximate surface area is 232 Å². The molecule has 0 unspecified atom stereocenters. The van der Waals surface area contributed by atoms with Crippen molar-refractivity contribution in [1.29, 1.82) is 0 Å². The summed E-state index contributed by atoms with van der Waals surface area (Å²) in [4.78, 5) is 34.7. The molecule has 1 aliphatic rings. The second-order valence-corrected chi connectivity index (χ2v) is 10.2. The van der Waals surface area contributed by atoms with Crippen LogP contribution in [-0.2, 0) is 16.1 Å². The topological polar surface area (TPSA) is 106 Å². The second kappa shape index (κ2) is 12.2. The van der Waals surface area contributed by atoms with Gasteiger partial charge in [0, 0.05) is 34.7 Å². The van der Waals surface area contributed by atoms with E-state index in [1.165, 1.54) is 16.1 Å². The molecule has 0 saturated heterocycles. The first kappa shape index (κ1) is 26.5. The van der Waals surface area contributed by atoms with Crippen molar-refractivity contribution in [3.8, 4) is 11.4 Å². The molecular formula is C29H30ClN7O2. The van der Waals surface area contributed by atoms with E-state index in [2.05, 4.69) is 25.7 Å². The summed E-state index contributed by atoms with van der Waals surface area (Å²) in [5.74, 6) is -0.198.